The molecule has 0 heterocycles. The molecule has 0 aliphatic carbocycles. The Hall–Kier alpha value is -1.16. The fourth-order valence-corrected chi connectivity index (χ4v) is 3.05. The third-order valence-corrected chi connectivity index (χ3v) is 4.53. The highest BCUT2D eigenvalue weighted by atomic mass is 35.5. The Bertz CT molecular complexity index is 560. The van der Waals surface area contributed by atoms with Gasteiger partial charge in [0.2, 0.25) is 0 Å². The van der Waals surface area contributed by atoms with Crippen molar-refractivity contribution in [2.75, 3.05) is 12.9 Å². The molecule has 2 rings (SSSR count). The van der Waals surface area contributed by atoms with Gasteiger partial charge in [0.25, 0.3) is 0 Å². The molecule has 0 radical (unpaired) electrons. The molecule has 0 saturated carbocycles. The summed E-state index contributed by atoms with van der Waals surface area (Å²) < 4.78 is 5.18. The van der Waals surface area contributed by atoms with E-state index in [1.165, 1.54) is 0 Å². The van der Waals surface area contributed by atoms with Crippen LogP contribution in [-0.4, -0.2) is 24.1 Å². The average molecular weight is 309 g/mol. The van der Waals surface area contributed by atoms with Crippen molar-refractivity contribution in [2.24, 2.45) is 0 Å². The van der Waals surface area contributed by atoms with Crippen LogP contribution in [0.15, 0.2) is 53.4 Å². The topological polar surface area (TPSA) is 29.5 Å². The van der Waals surface area contributed by atoms with Gasteiger partial charge in [0.05, 0.1) is 18.2 Å². The molecular formula is C16H17ClO2S. The largest absolute Gasteiger partial charge is 0.497 e. The van der Waals surface area contributed by atoms with Crippen molar-refractivity contribution in [3.63, 3.8) is 0 Å². The summed E-state index contributed by atoms with van der Waals surface area (Å²) in [4.78, 5) is 0.999. The Balaban J connectivity index is 1.89. The van der Waals surface area contributed by atoms with E-state index in [0.29, 0.717) is 12.2 Å². The molecule has 0 aliphatic rings. The second-order valence-corrected chi connectivity index (χ2v) is 5.92. The van der Waals surface area contributed by atoms with E-state index < -0.39 is 6.10 Å². The van der Waals surface area contributed by atoms with Gasteiger partial charge in [-0.05, 0) is 36.2 Å². The number of ether oxygens (including phenoxy) is 1. The van der Waals surface area contributed by atoms with Crippen molar-refractivity contribution >= 4 is 23.4 Å². The van der Waals surface area contributed by atoms with E-state index in [-0.39, 0.29) is 0 Å². The molecule has 0 bridgehead atoms. The Morgan fingerprint density at radius 2 is 2.00 bits per heavy atom. The van der Waals surface area contributed by atoms with Gasteiger partial charge in [-0.1, -0.05) is 35.9 Å². The molecule has 0 aliphatic heterocycles. The second-order valence-electron chi connectivity index (χ2n) is 4.45. The van der Waals surface area contributed by atoms with E-state index in [9.17, 15) is 5.11 Å². The van der Waals surface area contributed by atoms with E-state index in [1.807, 2.05) is 48.5 Å². The lowest BCUT2D eigenvalue weighted by Crippen LogP contribution is -2.13. The quantitative estimate of drug-likeness (QED) is 0.817. The minimum Gasteiger partial charge on any atom is -0.497 e. The molecule has 2 aromatic rings. The predicted molar refractivity (Wildman–Crippen MR) is 84.9 cm³/mol. The van der Waals surface area contributed by atoms with Crippen molar-refractivity contribution in [3.8, 4) is 5.75 Å². The Labute approximate surface area is 128 Å². The number of thioether (sulfide) groups is 1. The summed E-state index contributed by atoms with van der Waals surface area (Å²) in [6.45, 7) is 0. The predicted octanol–water partition coefficient (Wildman–Crippen LogP) is 4.04. The van der Waals surface area contributed by atoms with Crippen LogP contribution in [0.4, 0.5) is 0 Å². The number of benzene rings is 2. The van der Waals surface area contributed by atoms with Gasteiger partial charge >= 0.3 is 0 Å². The van der Waals surface area contributed by atoms with Crippen LogP contribution in [0.1, 0.15) is 5.56 Å². The molecule has 4 heteroatoms. The minimum absolute atomic E-state index is 0.414. The molecule has 20 heavy (non-hydrogen) atoms. The first-order valence-corrected chi connectivity index (χ1v) is 7.73. The SMILES string of the molecule is COc1cccc(CC(O)CSc2ccccc2Cl)c1. The van der Waals surface area contributed by atoms with E-state index in [4.69, 9.17) is 16.3 Å². The fourth-order valence-electron chi connectivity index (χ4n) is 1.88. The van der Waals surface area contributed by atoms with Crippen molar-refractivity contribution in [2.45, 2.75) is 17.4 Å². The number of halogens is 1. The van der Waals surface area contributed by atoms with Crippen LogP contribution in [0.3, 0.4) is 0 Å². The van der Waals surface area contributed by atoms with Crippen LogP contribution in [-0.2, 0) is 6.42 Å². The maximum absolute atomic E-state index is 10.1. The van der Waals surface area contributed by atoms with E-state index >= 15 is 0 Å². The van der Waals surface area contributed by atoms with Gasteiger partial charge in [-0.25, -0.2) is 0 Å². The first kappa shape index (κ1) is 15.2. The van der Waals surface area contributed by atoms with Crippen LogP contribution >= 0.6 is 23.4 Å². The number of hydrogen-bond donors (Lipinski definition) is 1. The summed E-state index contributed by atoms with van der Waals surface area (Å²) in [5.74, 6) is 1.43. The molecule has 0 saturated heterocycles. The molecule has 1 atom stereocenters. The summed E-state index contributed by atoms with van der Waals surface area (Å²) in [5, 5.41) is 10.8. The normalized spacial score (nSPS) is 12.2. The molecule has 2 aromatic carbocycles. The van der Waals surface area contributed by atoms with Gasteiger partial charge in [0.15, 0.2) is 0 Å². The summed E-state index contributed by atoms with van der Waals surface area (Å²) in [6, 6.07) is 15.4. The summed E-state index contributed by atoms with van der Waals surface area (Å²) in [6.07, 6.45) is 0.192. The van der Waals surface area contributed by atoms with Crippen LogP contribution in [0.5, 0.6) is 5.75 Å². The smallest absolute Gasteiger partial charge is 0.119 e. The van der Waals surface area contributed by atoms with Crippen molar-refractivity contribution in [1.82, 2.24) is 0 Å². The van der Waals surface area contributed by atoms with Gasteiger partial charge in [-0.2, -0.15) is 0 Å². The Morgan fingerprint density at radius 3 is 2.75 bits per heavy atom. The Kier molecular flexibility index (Phi) is 5.77. The second kappa shape index (κ2) is 7.58. The van der Waals surface area contributed by atoms with Crippen LogP contribution in [0, 0.1) is 0 Å². The monoisotopic (exact) mass is 308 g/mol. The lowest BCUT2D eigenvalue weighted by molar-refractivity contribution is 0.200. The number of methoxy groups -OCH3 is 1. The third-order valence-electron chi connectivity index (χ3n) is 2.87. The van der Waals surface area contributed by atoms with E-state index in [0.717, 1.165) is 21.2 Å². The summed E-state index contributed by atoms with van der Waals surface area (Å²) in [5.41, 5.74) is 1.07. The number of hydrogen-bond acceptors (Lipinski definition) is 3. The van der Waals surface area contributed by atoms with E-state index in [1.54, 1.807) is 18.9 Å². The average Bonchev–Trinajstić information content (AvgIpc) is 2.46. The van der Waals surface area contributed by atoms with Crippen LogP contribution in [0.2, 0.25) is 5.02 Å². The van der Waals surface area contributed by atoms with Crippen molar-refractivity contribution in [3.05, 3.63) is 59.1 Å². The summed E-state index contributed by atoms with van der Waals surface area (Å²) >= 11 is 7.66. The molecule has 0 fully saturated rings. The number of rotatable bonds is 6. The minimum atomic E-state index is -0.414. The summed E-state index contributed by atoms with van der Waals surface area (Å²) in [7, 11) is 1.64. The maximum Gasteiger partial charge on any atom is 0.119 e. The fraction of sp³-hybridized carbons (Fsp3) is 0.250. The van der Waals surface area contributed by atoms with E-state index in [2.05, 4.69) is 0 Å². The van der Waals surface area contributed by atoms with Gasteiger partial charge in [-0.15, -0.1) is 11.8 Å². The molecule has 0 amide bonds. The molecule has 106 valence electrons. The lowest BCUT2D eigenvalue weighted by Gasteiger charge is -2.11. The van der Waals surface area contributed by atoms with Crippen molar-refractivity contribution in [1.29, 1.82) is 0 Å². The van der Waals surface area contributed by atoms with Crippen molar-refractivity contribution < 1.29 is 9.84 Å². The first-order chi connectivity index (χ1) is 9.69. The van der Waals surface area contributed by atoms with Crippen LogP contribution < -0.4 is 4.74 Å². The van der Waals surface area contributed by atoms with Gasteiger partial charge < -0.3 is 9.84 Å². The molecule has 2 nitrogen and oxygen atoms in total. The zero-order valence-corrected chi connectivity index (χ0v) is 12.8. The highest BCUT2D eigenvalue weighted by Crippen LogP contribution is 2.27. The van der Waals surface area contributed by atoms with Gasteiger partial charge in [0, 0.05) is 10.6 Å². The molecule has 1 N–H and O–H groups in total. The Morgan fingerprint density at radius 1 is 1.20 bits per heavy atom. The zero-order valence-electron chi connectivity index (χ0n) is 11.3. The standard InChI is InChI=1S/C16H17ClO2S/c1-19-14-6-4-5-12(10-14)9-13(18)11-20-16-8-3-2-7-15(16)17/h2-8,10,13,18H,9,11H2,1H3. The molecule has 0 aromatic heterocycles. The molecule has 0 spiro atoms. The number of aliphatic hydroxyl groups excluding tert-OH is 1. The number of aliphatic hydroxyl groups is 1. The van der Waals surface area contributed by atoms with Crippen LogP contribution in [0.25, 0.3) is 0 Å². The van der Waals surface area contributed by atoms with Gasteiger partial charge in [0.1, 0.15) is 5.75 Å². The highest BCUT2D eigenvalue weighted by Gasteiger charge is 2.08. The molecule has 1 unspecified atom stereocenters. The highest BCUT2D eigenvalue weighted by molar-refractivity contribution is 7.99. The molecular weight excluding hydrogens is 292 g/mol. The first-order valence-electron chi connectivity index (χ1n) is 6.37. The maximum atomic E-state index is 10.1. The third kappa shape index (κ3) is 4.44. The zero-order chi connectivity index (χ0) is 14.4. The van der Waals surface area contributed by atoms with Gasteiger partial charge in [-0.3, -0.25) is 0 Å². The lowest BCUT2D eigenvalue weighted by atomic mass is 10.1.